The summed E-state index contributed by atoms with van der Waals surface area (Å²) in [5.41, 5.74) is -0.000594. The third kappa shape index (κ3) is 6.19. The standard InChI is InChI=1S/C16H33NO/c1-5-17-15(13-16(2,3)18-4)12-11-14-9-7-6-8-10-14/h14-15,17H,5-13H2,1-4H3. The van der Waals surface area contributed by atoms with Gasteiger partial charge in [-0.3, -0.25) is 0 Å². The number of nitrogens with one attached hydrogen (secondary N) is 1. The van der Waals surface area contributed by atoms with Gasteiger partial charge >= 0.3 is 0 Å². The molecular weight excluding hydrogens is 222 g/mol. The normalized spacial score (nSPS) is 20.0. The lowest BCUT2D eigenvalue weighted by Crippen LogP contribution is -2.38. The second-order valence-electron chi connectivity index (χ2n) is 6.50. The van der Waals surface area contributed by atoms with Gasteiger partial charge in [-0.1, -0.05) is 39.0 Å². The molecule has 0 heterocycles. The molecule has 0 bridgehead atoms. The van der Waals surface area contributed by atoms with Crippen molar-refractivity contribution < 1.29 is 4.74 Å². The van der Waals surface area contributed by atoms with Crippen LogP contribution in [0, 0.1) is 5.92 Å². The van der Waals surface area contributed by atoms with E-state index < -0.39 is 0 Å². The second kappa shape index (κ2) is 8.16. The van der Waals surface area contributed by atoms with Crippen molar-refractivity contribution in [3.63, 3.8) is 0 Å². The molecule has 0 spiro atoms. The van der Waals surface area contributed by atoms with Crippen LogP contribution in [0.25, 0.3) is 0 Å². The molecule has 0 aromatic rings. The zero-order chi connectivity index (χ0) is 13.4. The maximum atomic E-state index is 5.57. The van der Waals surface area contributed by atoms with Gasteiger partial charge in [0, 0.05) is 13.2 Å². The highest BCUT2D eigenvalue weighted by Gasteiger charge is 2.23. The Morgan fingerprint density at radius 1 is 1.22 bits per heavy atom. The van der Waals surface area contributed by atoms with Gasteiger partial charge in [0.25, 0.3) is 0 Å². The fourth-order valence-corrected chi connectivity index (χ4v) is 3.15. The van der Waals surface area contributed by atoms with Crippen molar-refractivity contribution in [1.29, 1.82) is 0 Å². The van der Waals surface area contributed by atoms with Gasteiger partial charge in [0.15, 0.2) is 0 Å². The summed E-state index contributed by atoms with van der Waals surface area (Å²) in [7, 11) is 1.82. The molecule has 1 atom stereocenters. The van der Waals surface area contributed by atoms with Crippen LogP contribution in [-0.2, 0) is 4.74 Å². The van der Waals surface area contributed by atoms with Crippen molar-refractivity contribution in [1.82, 2.24) is 5.32 Å². The van der Waals surface area contributed by atoms with Crippen LogP contribution in [0.15, 0.2) is 0 Å². The van der Waals surface area contributed by atoms with E-state index in [9.17, 15) is 0 Å². The number of rotatable bonds is 8. The summed E-state index contributed by atoms with van der Waals surface area (Å²) < 4.78 is 5.57. The summed E-state index contributed by atoms with van der Waals surface area (Å²) in [5.74, 6) is 0.991. The molecule has 1 fully saturated rings. The van der Waals surface area contributed by atoms with Crippen LogP contribution >= 0.6 is 0 Å². The first kappa shape index (κ1) is 16.0. The summed E-state index contributed by atoms with van der Waals surface area (Å²) in [5, 5.41) is 3.63. The monoisotopic (exact) mass is 255 g/mol. The average Bonchev–Trinajstić information content (AvgIpc) is 2.37. The lowest BCUT2D eigenvalue weighted by atomic mass is 9.84. The molecule has 1 aliphatic rings. The van der Waals surface area contributed by atoms with Crippen LogP contribution in [0.1, 0.15) is 72.1 Å². The maximum absolute atomic E-state index is 5.57. The van der Waals surface area contributed by atoms with Crippen molar-refractivity contribution in [3.8, 4) is 0 Å². The van der Waals surface area contributed by atoms with Crippen molar-refractivity contribution in [3.05, 3.63) is 0 Å². The summed E-state index contributed by atoms with van der Waals surface area (Å²) in [6.45, 7) is 7.65. The van der Waals surface area contributed by atoms with Gasteiger partial charge in [-0.2, -0.15) is 0 Å². The number of hydrogen-bond acceptors (Lipinski definition) is 2. The van der Waals surface area contributed by atoms with Crippen LogP contribution in [0.4, 0.5) is 0 Å². The predicted octanol–water partition coefficient (Wildman–Crippen LogP) is 4.14. The molecular formula is C16H33NO. The highest BCUT2D eigenvalue weighted by atomic mass is 16.5. The van der Waals surface area contributed by atoms with Gasteiger partial charge in [-0.15, -0.1) is 0 Å². The van der Waals surface area contributed by atoms with Gasteiger partial charge in [-0.05, 0) is 45.6 Å². The molecule has 0 aromatic heterocycles. The molecule has 1 saturated carbocycles. The Morgan fingerprint density at radius 3 is 2.44 bits per heavy atom. The number of methoxy groups -OCH3 is 1. The van der Waals surface area contributed by atoms with E-state index in [0.29, 0.717) is 6.04 Å². The van der Waals surface area contributed by atoms with Gasteiger partial charge in [0.2, 0.25) is 0 Å². The molecule has 1 unspecified atom stereocenters. The Labute approximate surface area is 114 Å². The SMILES string of the molecule is CCNC(CCC1CCCCC1)CC(C)(C)OC. The summed E-state index contributed by atoms with van der Waals surface area (Å²) in [6.07, 6.45) is 11.1. The Balaban J connectivity index is 2.32. The smallest absolute Gasteiger partial charge is 0.0637 e. The minimum atomic E-state index is -0.000594. The quantitative estimate of drug-likeness (QED) is 0.704. The van der Waals surface area contributed by atoms with Gasteiger partial charge in [0.05, 0.1) is 5.60 Å². The van der Waals surface area contributed by atoms with E-state index in [1.54, 1.807) is 0 Å². The van der Waals surface area contributed by atoms with Crippen molar-refractivity contribution in [2.24, 2.45) is 5.92 Å². The number of hydrogen-bond donors (Lipinski definition) is 1. The Bertz CT molecular complexity index is 209. The summed E-state index contributed by atoms with van der Waals surface area (Å²) in [4.78, 5) is 0. The molecule has 2 nitrogen and oxygen atoms in total. The van der Waals surface area contributed by atoms with Crippen molar-refractivity contribution in [2.75, 3.05) is 13.7 Å². The van der Waals surface area contributed by atoms with E-state index in [1.165, 1.54) is 44.9 Å². The van der Waals surface area contributed by atoms with E-state index in [2.05, 4.69) is 26.1 Å². The predicted molar refractivity (Wildman–Crippen MR) is 79.0 cm³/mol. The molecule has 1 N–H and O–H groups in total. The lowest BCUT2D eigenvalue weighted by molar-refractivity contribution is 0.00590. The largest absolute Gasteiger partial charge is 0.379 e. The number of ether oxygens (including phenoxy) is 1. The third-order valence-electron chi connectivity index (χ3n) is 4.43. The molecule has 1 rings (SSSR count). The van der Waals surface area contributed by atoms with Crippen LogP contribution in [0.3, 0.4) is 0 Å². The van der Waals surface area contributed by atoms with Crippen molar-refractivity contribution >= 4 is 0 Å². The highest BCUT2D eigenvalue weighted by molar-refractivity contribution is 4.79. The average molecular weight is 255 g/mol. The van der Waals surface area contributed by atoms with Crippen LogP contribution < -0.4 is 5.32 Å². The Hall–Kier alpha value is -0.0800. The molecule has 0 radical (unpaired) electrons. The first-order valence-electron chi connectivity index (χ1n) is 7.86. The van der Waals surface area contributed by atoms with E-state index >= 15 is 0 Å². The molecule has 0 aromatic carbocycles. The summed E-state index contributed by atoms with van der Waals surface area (Å²) >= 11 is 0. The first-order valence-corrected chi connectivity index (χ1v) is 7.86. The Kier molecular flexibility index (Phi) is 7.25. The van der Waals surface area contributed by atoms with Crippen LogP contribution in [-0.4, -0.2) is 25.3 Å². The summed E-state index contributed by atoms with van der Waals surface area (Å²) in [6, 6.07) is 0.617. The van der Waals surface area contributed by atoms with E-state index in [1.807, 2.05) is 7.11 Å². The molecule has 1 aliphatic carbocycles. The zero-order valence-corrected chi connectivity index (χ0v) is 12.9. The molecule has 0 aliphatic heterocycles. The van der Waals surface area contributed by atoms with Crippen LogP contribution in [0.5, 0.6) is 0 Å². The third-order valence-corrected chi connectivity index (χ3v) is 4.43. The maximum Gasteiger partial charge on any atom is 0.0637 e. The van der Waals surface area contributed by atoms with E-state index in [-0.39, 0.29) is 5.60 Å². The van der Waals surface area contributed by atoms with Gasteiger partial charge < -0.3 is 10.1 Å². The second-order valence-corrected chi connectivity index (χ2v) is 6.50. The van der Waals surface area contributed by atoms with E-state index in [0.717, 1.165) is 18.9 Å². The topological polar surface area (TPSA) is 21.3 Å². The minimum absolute atomic E-state index is 0.000594. The first-order chi connectivity index (χ1) is 8.57. The van der Waals surface area contributed by atoms with Crippen LogP contribution in [0.2, 0.25) is 0 Å². The van der Waals surface area contributed by atoms with Crippen molar-refractivity contribution in [2.45, 2.75) is 83.8 Å². The molecule has 0 amide bonds. The zero-order valence-electron chi connectivity index (χ0n) is 12.9. The fraction of sp³-hybridized carbons (Fsp3) is 1.00. The molecule has 108 valence electrons. The fourth-order valence-electron chi connectivity index (χ4n) is 3.15. The van der Waals surface area contributed by atoms with Gasteiger partial charge in [-0.25, -0.2) is 0 Å². The van der Waals surface area contributed by atoms with E-state index in [4.69, 9.17) is 4.74 Å². The van der Waals surface area contributed by atoms with Gasteiger partial charge in [0.1, 0.15) is 0 Å². The Morgan fingerprint density at radius 2 is 1.89 bits per heavy atom. The molecule has 18 heavy (non-hydrogen) atoms. The highest BCUT2D eigenvalue weighted by Crippen LogP contribution is 2.29. The molecule has 2 heteroatoms. The lowest BCUT2D eigenvalue weighted by Gasteiger charge is -2.30. The minimum Gasteiger partial charge on any atom is -0.379 e. The molecule has 0 saturated heterocycles.